The van der Waals surface area contributed by atoms with Crippen LogP contribution in [-0.2, 0) is 14.8 Å². The van der Waals surface area contributed by atoms with Gasteiger partial charge in [-0.3, -0.25) is 19.2 Å². The van der Waals surface area contributed by atoms with Gasteiger partial charge in [-0.1, -0.05) is 29.8 Å². The van der Waals surface area contributed by atoms with Crippen molar-refractivity contribution in [2.45, 2.75) is 19.8 Å². The maximum Gasteiger partial charge on any atom is 0.274 e. The first-order valence-corrected chi connectivity index (χ1v) is 11.7. The Morgan fingerprint density at radius 2 is 1.94 bits per heavy atom. The molecular weight excluding hydrogens is 446 g/mol. The number of nitrogens with zero attached hydrogens (tertiary/aromatic N) is 2. The highest BCUT2D eigenvalue weighted by Gasteiger charge is 2.23. The van der Waals surface area contributed by atoms with Gasteiger partial charge in [-0.05, 0) is 31.5 Å². The molecule has 0 aliphatic heterocycles. The number of ether oxygens (including phenoxy) is 1. The van der Waals surface area contributed by atoms with Crippen molar-refractivity contribution in [2.75, 3.05) is 30.3 Å². The summed E-state index contributed by atoms with van der Waals surface area (Å²) in [5, 5.41) is 14.3. The van der Waals surface area contributed by atoms with Gasteiger partial charge in [0, 0.05) is 19.0 Å². The van der Waals surface area contributed by atoms with Gasteiger partial charge in [-0.15, -0.1) is 0 Å². The second-order valence-corrected chi connectivity index (χ2v) is 9.06. The van der Waals surface area contributed by atoms with E-state index in [-0.39, 0.29) is 55.4 Å². The number of para-hydroxylation sites is 1. The summed E-state index contributed by atoms with van der Waals surface area (Å²) in [5.41, 5.74) is 0.312. The molecule has 11 heteroatoms. The van der Waals surface area contributed by atoms with Gasteiger partial charge in [0.1, 0.15) is 12.4 Å². The van der Waals surface area contributed by atoms with Crippen LogP contribution in [0.2, 0.25) is 5.02 Å². The molecule has 1 N–H and O–H groups in total. The zero-order chi connectivity index (χ0) is 23.0. The smallest absolute Gasteiger partial charge is 0.274 e. The molecule has 0 aliphatic carbocycles. The topological polar surface area (TPSA) is 119 Å². The van der Waals surface area contributed by atoms with Gasteiger partial charge in [0.05, 0.1) is 34.0 Å². The average Bonchev–Trinajstić information content (AvgIpc) is 2.69. The van der Waals surface area contributed by atoms with Crippen LogP contribution in [0, 0.1) is 17.0 Å². The van der Waals surface area contributed by atoms with Crippen molar-refractivity contribution >= 4 is 38.9 Å². The normalized spacial score (nSPS) is 11.1. The maximum atomic E-state index is 12.2. The summed E-state index contributed by atoms with van der Waals surface area (Å²) in [5.74, 6) is 0.265. The van der Waals surface area contributed by atoms with Crippen LogP contribution < -0.4 is 14.4 Å². The van der Waals surface area contributed by atoms with E-state index in [1.165, 1.54) is 25.1 Å². The number of nitrogens with one attached hydrogen (secondary N) is 1. The van der Waals surface area contributed by atoms with Crippen LogP contribution in [0.5, 0.6) is 5.75 Å². The van der Waals surface area contributed by atoms with Crippen molar-refractivity contribution in [1.82, 2.24) is 5.32 Å². The molecule has 9 nitrogen and oxygen atoms in total. The maximum absolute atomic E-state index is 12.2. The van der Waals surface area contributed by atoms with Gasteiger partial charge in [0.15, 0.2) is 0 Å². The molecule has 1 amide bonds. The standard InChI is InChI=1S/C20H24ClN3O6S/c1-15-17(8-5-9-18(15)24(26)27)23(31(2,28)29)13-6-11-20(25)22-12-14-30-19-10-4-3-7-16(19)21/h3-5,7-10H,6,11-14H2,1-2H3,(H,22,25). The molecule has 0 saturated carbocycles. The zero-order valence-corrected chi connectivity index (χ0v) is 18.8. The molecule has 31 heavy (non-hydrogen) atoms. The van der Waals surface area contributed by atoms with Crippen LogP contribution >= 0.6 is 11.6 Å². The van der Waals surface area contributed by atoms with Gasteiger partial charge < -0.3 is 10.1 Å². The molecule has 0 radical (unpaired) electrons. The number of rotatable bonds is 11. The molecular formula is C20H24ClN3O6S. The summed E-state index contributed by atoms with van der Waals surface area (Å²) in [4.78, 5) is 22.6. The lowest BCUT2D eigenvalue weighted by atomic mass is 10.1. The van der Waals surface area contributed by atoms with Gasteiger partial charge in [-0.2, -0.15) is 0 Å². The van der Waals surface area contributed by atoms with E-state index in [1.54, 1.807) is 24.3 Å². The summed E-state index contributed by atoms with van der Waals surface area (Å²) in [7, 11) is -3.69. The minimum atomic E-state index is -3.69. The van der Waals surface area contributed by atoms with Crippen LogP contribution in [0.15, 0.2) is 42.5 Å². The third kappa shape index (κ3) is 7.11. The molecule has 0 fully saturated rings. The van der Waals surface area contributed by atoms with E-state index in [1.807, 2.05) is 0 Å². The third-order valence-electron chi connectivity index (χ3n) is 4.43. The summed E-state index contributed by atoms with van der Waals surface area (Å²) in [6, 6.07) is 11.3. The van der Waals surface area contributed by atoms with Crippen molar-refractivity contribution in [3.8, 4) is 5.75 Å². The van der Waals surface area contributed by atoms with E-state index in [2.05, 4.69) is 5.32 Å². The highest BCUT2D eigenvalue weighted by Crippen LogP contribution is 2.30. The van der Waals surface area contributed by atoms with Crippen molar-refractivity contribution in [1.29, 1.82) is 0 Å². The van der Waals surface area contributed by atoms with Gasteiger partial charge >= 0.3 is 0 Å². The quantitative estimate of drug-likeness (QED) is 0.306. The fourth-order valence-corrected chi connectivity index (χ4v) is 4.14. The highest BCUT2D eigenvalue weighted by molar-refractivity contribution is 7.92. The van der Waals surface area contributed by atoms with Crippen LogP contribution in [-0.4, -0.2) is 45.2 Å². The molecule has 0 heterocycles. The predicted molar refractivity (Wildman–Crippen MR) is 119 cm³/mol. The Labute approximate surface area is 186 Å². The molecule has 0 unspecified atom stereocenters. The molecule has 0 spiro atoms. The Bertz CT molecular complexity index is 1040. The third-order valence-corrected chi connectivity index (χ3v) is 5.92. The van der Waals surface area contributed by atoms with Crippen LogP contribution in [0.25, 0.3) is 0 Å². The number of nitro benzene ring substituents is 1. The number of carbonyl (C=O) groups is 1. The number of benzene rings is 2. The fourth-order valence-electron chi connectivity index (χ4n) is 2.93. The molecule has 0 aliphatic rings. The lowest BCUT2D eigenvalue weighted by Gasteiger charge is -2.24. The number of sulfonamides is 1. The molecule has 0 bridgehead atoms. The SMILES string of the molecule is Cc1c(N(CCCC(=O)NCCOc2ccccc2Cl)S(C)(=O)=O)cccc1[N+](=O)[O-]. The van der Waals surface area contributed by atoms with Gasteiger partial charge in [-0.25, -0.2) is 8.42 Å². The van der Waals surface area contributed by atoms with Crippen LogP contribution in [0.3, 0.4) is 0 Å². The first-order chi connectivity index (χ1) is 14.6. The van der Waals surface area contributed by atoms with E-state index in [9.17, 15) is 23.3 Å². The fraction of sp³-hybridized carbons (Fsp3) is 0.350. The van der Waals surface area contributed by atoms with Crippen LogP contribution in [0.1, 0.15) is 18.4 Å². The lowest BCUT2D eigenvalue weighted by Crippen LogP contribution is -2.33. The Balaban J connectivity index is 1.88. The highest BCUT2D eigenvalue weighted by atomic mass is 35.5. The van der Waals surface area contributed by atoms with E-state index >= 15 is 0 Å². The summed E-state index contributed by atoms with van der Waals surface area (Å²) in [6.45, 7) is 2.02. The predicted octanol–water partition coefficient (Wildman–Crippen LogP) is 3.30. The number of amides is 1. The van der Waals surface area contributed by atoms with Crippen molar-refractivity contribution in [3.63, 3.8) is 0 Å². The van der Waals surface area contributed by atoms with Gasteiger partial charge in [0.25, 0.3) is 5.69 Å². The average molecular weight is 470 g/mol. The minimum Gasteiger partial charge on any atom is -0.490 e. The van der Waals surface area contributed by atoms with E-state index < -0.39 is 14.9 Å². The van der Waals surface area contributed by atoms with E-state index in [0.717, 1.165) is 10.6 Å². The number of hydrogen-bond donors (Lipinski definition) is 1. The van der Waals surface area contributed by atoms with E-state index in [0.29, 0.717) is 10.8 Å². The largest absolute Gasteiger partial charge is 0.490 e. The monoisotopic (exact) mass is 469 g/mol. The Hall–Kier alpha value is -2.85. The lowest BCUT2D eigenvalue weighted by molar-refractivity contribution is -0.385. The molecule has 2 aromatic carbocycles. The molecule has 2 rings (SSSR count). The molecule has 0 saturated heterocycles. The first kappa shape index (κ1) is 24.4. The van der Waals surface area contributed by atoms with Crippen molar-refractivity contribution in [3.05, 3.63) is 63.2 Å². The number of hydrogen-bond acceptors (Lipinski definition) is 6. The van der Waals surface area contributed by atoms with Gasteiger partial charge in [0.2, 0.25) is 15.9 Å². The summed E-state index contributed by atoms with van der Waals surface area (Å²) >= 11 is 5.99. The number of anilines is 1. The summed E-state index contributed by atoms with van der Waals surface area (Å²) < 4.78 is 31.1. The Kier molecular flexibility index (Phi) is 8.64. The number of nitro groups is 1. The molecule has 0 aromatic heterocycles. The second-order valence-electron chi connectivity index (χ2n) is 6.75. The van der Waals surface area contributed by atoms with E-state index in [4.69, 9.17) is 16.3 Å². The molecule has 168 valence electrons. The Morgan fingerprint density at radius 3 is 2.58 bits per heavy atom. The van der Waals surface area contributed by atoms with Crippen molar-refractivity contribution < 1.29 is 22.9 Å². The zero-order valence-electron chi connectivity index (χ0n) is 17.2. The second kappa shape index (κ2) is 11.0. The number of carbonyl (C=O) groups excluding carboxylic acids is 1. The Morgan fingerprint density at radius 1 is 1.23 bits per heavy atom. The summed E-state index contributed by atoms with van der Waals surface area (Å²) in [6.07, 6.45) is 1.36. The van der Waals surface area contributed by atoms with Crippen molar-refractivity contribution in [2.24, 2.45) is 0 Å². The number of halogens is 1. The minimum absolute atomic E-state index is 0.0182. The molecule has 2 aromatic rings. The van der Waals surface area contributed by atoms with Crippen LogP contribution in [0.4, 0.5) is 11.4 Å². The molecule has 0 atom stereocenters. The first-order valence-electron chi connectivity index (χ1n) is 9.47.